The predicted octanol–water partition coefficient (Wildman–Crippen LogP) is 4.79. The topological polar surface area (TPSA) is 66.0 Å². The normalized spacial score (nSPS) is 11.1. The first-order valence-electron chi connectivity index (χ1n) is 7.64. The number of halogens is 1. The van der Waals surface area contributed by atoms with Gasteiger partial charge in [-0.15, -0.1) is 11.3 Å². The van der Waals surface area contributed by atoms with Crippen LogP contribution in [-0.2, 0) is 0 Å². The summed E-state index contributed by atoms with van der Waals surface area (Å²) in [4.78, 5) is 21.6. The molecule has 0 atom stereocenters. The Kier molecular flexibility index (Phi) is 4.13. The first kappa shape index (κ1) is 16.0. The van der Waals surface area contributed by atoms with E-state index in [1.165, 1.54) is 0 Å². The first-order chi connectivity index (χ1) is 12.1. The number of aromatic nitrogens is 2. The molecule has 0 aliphatic heterocycles. The average Bonchev–Trinajstić information content (AvgIpc) is 3.27. The number of aromatic amines is 1. The van der Waals surface area contributed by atoms with Crippen LogP contribution in [0.25, 0.3) is 32.2 Å². The van der Waals surface area contributed by atoms with Gasteiger partial charge in [0.1, 0.15) is 12.4 Å². The van der Waals surface area contributed by atoms with E-state index in [0.29, 0.717) is 10.6 Å². The minimum atomic E-state index is -0.500. The van der Waals surface area contributed by atoms with E-state index in [9.17, 15) is 4.79 Å². The number of Topliss-reactive ketones (excluding diaryl/α,β-unsaturated/α-hetero) is 1. The molecule has 2 heterocycles. The van der Waals surface area contributed by atoms with E-state index in [2.05, 4.69) is 9.97 Å². The molecule has 0 amide bonds. The number of aliphatic hydroxyl groups is 1. The molecule has 2 N–H and O–H groups in total. The van der Waals surface area contributed by atoms with E-state index in [1.54, 1.807) is 29.5 Å². The Hall–Kier alpha value is -2.47. The van der Waals surface area contributed by atoms with Gasteiger partial charge in [0, 0.05) is 15.5 Å². The van der Waals surface area contributed by atoms with Crippen molar-refractivity contribution in [3.63, 3.8) is 0 Å². The van der Waals surface area contributed by atoms with Crippen molar-refractivity contribution >= 4 is 39.8 Å². The lowest BCUT2D eigenvalue weighted by atomic mass is 10.1. The lowest BCUT2D eigenvalue weighted by Gasteiger charge is -1.97. The van der Waals surface area contributed by atoms with Crippen molar-refractivity contribution in [1.29, 1.82) is 0 Å². The van der Waals surface area contributed by atoms with Crippen molar-refractivity contribution in [2.24, 2.45) is 0 Å². The van der Waals surface area contributed by atoms with Crippen LogP contribution in [0.5, 0.6) is 0 Å². The summed E-state index contributed by atoms with van der Waals surface area (Å²) in [5.41, 5.74) is 3.08. The molecule has 0 saturated heterocycles. The maximum absolute atomic E-state index is 11.6. The van der Waals surface area contributed by atoms with Crippen LogP contribution in [-0.4, -0.2) is 27.5 Å². The predicted molar refractivity (Wildman–Crippen MR) is 101 cm³/mol. The highest BCUT2D eigenvalue weighted by atomic mass is 35.5. The summed E-state index contributed by atoms with van der Waals surface area (Å²) in [5, 5.41) is 9.70. The van der Waals surface area contributed by atoms with Crippen LogP contribution in [0.2, 0.25) is 5.02 Å². The monoisotopic (exact) mass is 368 g/mol. The molecule has 4 nitrogen and oxygen atoms in total. The third-order valence-electron chi connectivity index (χ3n) is 3.90. The average molecular weight is 369 g/mol. The zero-order chi connectivity index (χ0) is 17.4. The third kappa shape index (κ3) is 3.09. The van der Waals surface area contributed by atoms with E-state index in [1.807, 2.05) is 36.4 Å². The molecule has 0 aliphatic rings. The van der Waals surface area contributed by atoms with Crippen molar-refractivity contribution in [3.05, 3.63) is 65.2 Å². The molecule has 0 spiro atoms. The van der Waals surface area contributed by atoms with Crippen molar-refractivity contribution in [3.8, 4) is 21.1 Å². The third-order valence-corrected chi connectivity index (χ3v) is 5.27. The van der Waals surface area contributed by atoms with E-state index in [4.69, 9.17) is 16.7 Å². The quantitative estimate of drug-likeness (QED) is 0.509. The summed E-state index contributed by atoms with van der Waals surface area (Å²) >= 11 is 7.68. The fourth-order valence-electron chi connectivity index (χ4n) is 2.65. The number of H-pyrrole nitrogens is 1. The smallest absolute Gasteiger partial charge is 0.188 e. The first-order valence-corrected chi connectivity index (χ1v) is 8.83. The molecule has 0 fully saturated rings. The fourth-order valence-corrected chi connectivity index (χ4v) is 3.79. The molecule has 0 unspecified atom stereocenters. The summed E-state index contributed by atoms with van der Waals surface area (Å²) in [5.74, 6) is 0.444. The van der Waals surface area contributed by atoms with Crippen LogP contribution in [0.3, 0.4) is 0 Å². The molecule has 124 valence electrons. The van der Waals surface area contributed by atoms with E-state index in [0.717, 1.165) is 32.2 Å². The van der Waals surface area contributed by atoms with Crippen LogP contribution in [0, 0.1) is 0 Å². The zero-order valence-electron chi connectivity index (χ0n) is 13.0. The molecule has 2 aromatic heterocycles. The van der Waals surface area contributed by atoms with Gasteiger partial charge in [-0.2, -0.15) is 0 Å². The fraction of sp³-hybridized carbons (Fsp3) is 0.0526. The number of aliphatic hydroxyl groups excluding tert-OH is 1. The number of nitrogens with zero attached hydrogens (tertiary/aromatic N) is 1. The number of fused-ring (bicyclic) bond motifs is 1. The Morgan fingerprint density at radius 1 is 1.12 bits per heavy atom. The van der Waals surface area contributed by atoms with Crippen LogP contribution in [0.1, 0.15) is 10.4 Å². The molecule has 0 bridgehead atoms. The molecule has 2 aromatic carbocycles. The number of imidazole rings is 1. The minimum Gasteiger partial charge on any atom is -0.388 e. The van der Waals surface area contributed by atoms with Crippen LogP contribution in [0.15, 0.2) is 54.6 Å². The number of hydrogen-bond donors (Lipinski definition) is 2. The lowest BCUT2D eigenvalue weighted by molar-refractivity contribution is 0.0904. The van der Waals surface area contributed by atoms with E-state index < -0.39 is 6.61 Å². The second kappa shape index (κ2) is 6.44. The van der Waals surface area contributed by atoms with Gasteiger partial charge < -0.3 is 10.1 Å². The summed E-state index contributed by atoms with van der Waals surface area (Å²) in [7, 11) is 0. The molecule has 0 saturated carbocycles. The summed E-state index contributed by atoms with van der Waals surface area (Å²) in [6.07, 6.45) is 0. The SMILES string of the molecule is O=C(CO)c1ccc2nc(-c3ccc(-c4cccc(Cl)c4)s3)[nH]c2c1. The minimum absolute atomic E-state index is 0.308. The highest BCUT2D eigenvalue weighted by Gasteiger charge is 2.11. The molecule has 0 aliphatic carbocycles. The number of rotatable bonds is 4. The number of thiophene rings is 1. The van der Waals surface area contributed by atoms with Crippen molar-refractivity contribution in [2.75, 3.05) is 6.61 Å². The molecule has 0 radical (unpaired) electrons. The Balaban J connectivity index is 1.71. The lowest BCUT2D eigenvalue weighted by Crippen LogP contribution is -2.03. The van der Waals surface area contributed by atoms with Gasteiger partial charge in [-0.25, -0.2) is 4.98 Å². The van der Waals surface area contributed by atoms with Gasteiger partial charge in [-0.1, -0.05) is 23.7 Å². The van der Waals surface area contributed by atoms with Gasteiger partial charge in [-0.05, 0) is 48.0 Å². The van der Waals surface area contributed by atoms with E-state index >= 15 is 0 Å². The molecular formula is C19H13ClN2O2S. The van der Waals surface area contributed by atoms with Gasteiger partial charge >= 0.3 is 0 Å². The number of carbonyl (C=O) groups is 1. The molecule has 4 aromatic rings. The standard InChI is InChI=1S/C19H13ClN2O2S/c20-13-3-1-2-12(8-13)17-6-7-18(25-17)19-21-14-5-4-11(16(24)10-23)9-15(14)22-19/h1-9,23H,10H2,(H,21,22). The van der Waals surface area contributed by atoms with Gasteiger partial charge in [0.25, 0.3) is 0 Å². The van der Waals surface area contributed by atoms with Crippen LogP contribution >= 0.6 is 22.9 Å². The number of carbonyl (C=O) groups excluding carboxylic acids is 1. The van der Waals surface area contributed by atoms with Gasteiger partial charge in [0.05, 0.1) is 15.9 Å². The number of nitrogens with one attached hydrogen (secondary N) is 1. The van der Waals surface area contributed by atoms with Gasteiger partial charge in [0.15, 0.2) is 5.78 Å². The van der Waals surface area contributed by atoms with Crippen molar-refractivity contribution in [1.82, 2.24) is 9.97 Å². The molecular weight excluding hydrogens is 356 g/mol. The van der Waals surface area contributed by atoms with E-state index in [-0.39, 0.29) is 5.78 Å². The zero-order valence-corrected chi connectivity index (χ0v) is 14.6. The Labute approximate surface area is 152 Å². The van der Waals surface area contributed by atoms with Crippen molar-refractivity contribution in [2.45, 2.75) is 0 Å². The second-order valence-corrected chi connectivity index (χ2v) is 7.09. The summed E-state index contributed by atoms with van der Waals surface area (Å²) in [6, 6.07) is 17.0. The summed E-state index contributed by atoms with van der Waals surface area (Å²) < 4.78 is 0. The Bertz CT molecular complexity index is 1080. The van der Waals surface area contributed by atoms with Crippen molar-refractivity contribution < 1.29 is 9.90 Å². The number of hydrogen-bond acceptors (Lipinski definition) is 4. The maximum atomic E-state index is 11.6. The van der Waals surface area contributed by atoms with Crippen LogP contribution in [0.4, 0.5) is 0 Å². The molecule has 25 heavy (non-hydrogen) atoms. The number of benzene rings is 2. The van der Waals surface area contributed by atoms with Gasteiger partial charge in [-0.3, -0.25) is 4.79 Å². The highest BCUT2D eigenvalue weighted by molar-refractivity contribution is 7.18. The second-order valence-electron chi connectivity index (χ2n) is 5.57. The Morgan fingerprint density at radius 2 is 1.96 bits per heavy atom. The van der Waals surface area contributed by atoms with Gasteiger partial charge in [0.2, 0.25) is 0 Å². The van der Waals surface area contributed by atoms with Crippen LogP contribution < -0.4 is 0 Å². The Morgan fingerprint density at radius 3 is 2.76 bits per heavy atom. The maximum Gasteiger partial charge on any atom is 0.188 e. The number of ketones is 1. The highest BCUT2D eigenvalue weighted by Crippen LogP contribution is 2.34. The largest absolute Gasteiger partial charge is 0.388 e. The molecule has 6 heteroatoms. The molecule has 4 rings (SSSR count). The summed E-state index contributed by atoms with van der Waals surface area (Å²) in [6.45, 7) is -0.500.